The number of para-hydroxylation sites is 1. The van der Waals surface area contributed by atoms with E-state index in [4.69, 9.17) is 0 Å². The van der Waals surface area contributed by atoms with Gasteiger partial charge in [0.2, 0.25) is 5.91 Å². The van der Waals surface area contributed by atoms with Crippen LogP contribution < -0.4 is 10.2 Å². The van der Waals surface area contributed by atoms with E-state index in [1.807, 2.05) is 37.3 Å². The Balaban J connectivity index is 2.18. The van der Waals surface area contributed by atoms with Crippen LogP contribution in [0.5, 0.6) is 0 Å². The van der Waals surface area contributed by atoms with E-state index in [1.54, 1.807) is 24.0 Å². The lowest BCUT2D eigenvalue weighted by molar-refractivity contribution is -0.115. The lowest BCUT2D eigenvalue weighted by Crippen LogP contribution is -2.35. The number of anilines is 3. The number of carbonyl (C=O) groups excluding carboxylic acids is 1. The summed E-state index contributed by atoms with van der Waals surface area (Å²) >= 11 is 0. The number of carbonyl (C=O) groups is 1. The number of hydrogen-bond donors (Lipinski definition) is 1. The molecule has 0 saturated heterocycles. The minimum Gasteiger partial charge on any atom is -0.355 e. The SMILES string of the molecule is C=C/C(C)=C(\C=C)Nc1ccc2c(c1)N(C(C)=O)c1ccccc1C2(C)C. The fraction of sp³-hybridized carbons (Fsp3) is 0.208. The molecular weight excluding hydrogens is 332 g/mol. The standard InChI is InChI=1S/C24H26N2O/c1-7-16(3)21(8-2)25-18-13-14-20-23(15-18)26(17(4)27)22-12-10-9-11-19(22)24(20,5)6/h7-15,25H,1-2H2,3-6H3/b21-16+. The van der Waals surface area contributed by atoms with Gasteiger partial charge in [0.15, 0.2) is 0 Å². The normalized spacial score (nSPS) is 15.2. The molecule has 3 rings (SSSR count). The third kappa shape index (κ3) is 3.10. The van der Waals surface area contributed by atoms with Crippen LogP contribution in [-0.4, -0.2) is 5.91 Å². The molecule has 1 aliphatic heterocycles. The van der Waals surface area contributed by atoms with Crippen molar-refractivity contribution in [3.8, 4) is 0 Å². The largest absolute Gasteiger partial charge is 0.355 e. The van der Waals surface area contributed by atoms with Crippen LogP contribution in [-0.2, 0) is 10.2 Å². The molecule has 1 amide bonds. The molecule has 0 aromatic heterocycles. The Morgan fingerprint density at radius 3 is 2.30 bits per heavy atom. The fourth-order valence-electron chi connectivity index (χ4n) is 3.71. The van der Waals surface area contributed by atoms with Crippen LogP contribution in [0.25, 0.3) is 0 Å². The average molecular weight is 358 g/mol. The zero-order valence-electron chi connectivity index (χ0n) is 16.5. The molecule has 0 unspecified atom stereocenters. The Hall–Kier alpha value is -3.07. The maximum Gasteiger partial charge on any atom is 0.228 e. The van der Waals surface area contributed by atoms with Crippen molar-refractivity contribution in [1.29, 1.82) is 0 Å². The summed E-state index contributed by atoms with van der Waals surface area (Å²) in [5.41, 5.74) is 6.77. The summed E-state index contributed by atoms with van der Waals surface area (Å²) in [5, 5.41) is 3.39. The number of amides is 1. The smallest absolute Gasteiger partial charge is 0.228 e. The maximum absolute atomic E-state index is 12.5. The first-order valence-electron chi connectivity index (χ1n) is 9.08. The minimum atomic E-state index is -0.190. The van der Waals surface area contributed by atoms with E-state index < -0.39 is 0 Å². The number of fused-ring (bicyclic) bond motifs is 2. The first-order valence-corrected chi connectivity index (χ1v) is 9.08. The molecular formula is C24H26N2O. The Morgan fingerprint density at radius 2 is 1.67 bits per heavy atom. The zero-order chi connectivity index (χ0) is 19.8. The second kappa shape index (κ2) is 6.92. The predicted molar refractivity (Wildman–Crippen MR) is 115 cm³/mol. The predicted octanol–water partition coefficient (Wildman–Crippen LogP) is 6.07. The number of allylic oxidation sites excluding steroid dienone is 3. The molecule has 0 aliphatic carbocycles. The number of hydrogen-bond acceptors (Lipinski definition) is 2. The van der Waals surface area contributed by atoms with Crippen LogP contribution in [0.1, 0.15) is 38.8 Å². The first kappa shape index (κ1) is 18.7. The van der Waals surface area contributed by atoms with Crippen LogP contribution in [0.4, 0.5) is 17.1 Å². The van der Waals surface area contributed by atoms with Crippen LogP contribution in [0, 0.1) is 0 Å². The van der Waals surface area contributed by atoms with Crippen molar-refractivity contribution in [2.24, 2.45) is 0 Å². The van der Waals surface area contributed by atoms with E-state index in [0.29, 0.717) is 0 Å². The third-order valence-electron chi connectivity index (χ3n) is 5.26. The van der Waals surface area contributed by atoms with Gasteiger partial charge >= 0.3 is 0 Å². The number of rotatable bonds is 4. The molecule has 0 radical (unpaired) electrons. The van der Waals surface area contributed by atoms with Gasteiger partial charge in [-0.05, 0) is 47.9 Å². The molecule has 3 heteroatoms. The topological polar surface area (TPSA) is 32.3 Å². The van der Waals surface area contributed by atoms with Crippen LogP contribution in [0.2, 0.25) is 0 Å². The molecule has 1 heterocycles. The highest BCUT2D eigenvalue weighted by molar-refractivity contribution is 6.03. The second-order valence-corrected chi connectivity index (χ2v) is 7.36. The monoisotopic (exact) mass is 358 g/mol. The maximum atomic E-state index is 12.5. The molecule has 0 saturated carbocycles. The highest BCUT2D eigenvalue weighted by atomic mass is 16.2. The molecule has 3 nitrogen and oxygen atoms in total. The summed E-state index contributed by atoms with van der Waals surface area (Å²) in [5.74, 6) is -0.00175. The Morgan fingerprint density at radius 1 is 1.00 bits per heavy atom. The van der Waals surface area contributed by atoms with Gasteiger partial charge in [-0.3, -0.25) is 9.69 Å². The summed E-state index contributed by atoms with van der Waals surface area (Å²) < 4.78 is 0. The molecule has 0 atom stereocenters. The lowest BCUT2D eigenvalue weighted by Gasteiger charge is -2.40. The Labute approximate surface area is 161 Å². The van der Waals surface area contributed by atoms with Crippen LogP contribution in [0.15, 0.2) is 79.0 Å². The number of benzene rings is 2. The van der Waals surface area contributed by atoms with Gasteiger partial charge in [-0.1, -0.05) is 57.3 Å². The van der Waals surface area contributed by atoms with Gasteiger partial charge in [-0.25, -0.2) is 0 Å². The molecule has 2 aromatic rings. The van der Waals surface area contributed by atoms with Crippen LogP contribution in [0.3, 0.4) is 0 Å². The molecule has 0 bridgehead atoms. The quantitative estimate of drug-likeness (QED) is 0.673. The van der Waals surface area contributed by atoms with Crippen molar-refractivity contribution in [3.05, 3.63) is 90.2 Å². The van der Waals surface area contributed by atoms with Crippen molar-refractivity contribution in [2.45, 2.75) is 33.1 Å². The fourth-order valence-corrected chi connectivity index (χ4v) is 3.71. The van der Waals surface area contributed by atoms with Gasteiger partial charge in [-0.2, -0.15) is 0 Å². The highest BCUT2D eigenvalue weighted by Crippen LogP contribution is 2.49. The second-order valence-electron chi connectivity index (χ2n) is 7.36. The van der Waals surface area contributed by atoms with E-state index in [-0.39, 0.29) is 11.3 Å². The van der Waals surface area contributed by atoms with Gasteiger partial charge < -0.3 is 5.32 Å². The third-order valence-corrected chi connectivity index (χ3v) is 5.26. The van der Waals surface area contributed by atoms with E-state index in [2.05, 4.69) is 44.5 Å². The van der Waals surface area contributed by atoms with E-state index >= 15 is 0 Å². The van der Waals surface area contributed by atoms with Gasteiger partial charge in [-0.15, -0.1) is 0 Å². The van der Waals surface area contributed by atoms with Gasteiger partial charge in [0.05, 0.1) is 11.4 Å². The summed E-state index contributed by atoms with van der Waals surface area (Å²) in [6.45, 7) is 15.7. The first-order chi connectivity index (χ1) is 12.8. The number of nitrogens with zero attached hydrogens (tertiary/aromatic N) is 1. The molecule has 2 aromatic carbocycles. The lowest BCUT2D eigenvalue weighted by atomic mass is 9.73. The number of nitrogens with one attached hydrogen (secondary N) is 1. The average Bonchev–Trinajstić information content (AvgIpc) is 2.65. The Bertz CT molecular complexity index is 966. The van der Waals surface area contributed by atoms with E-state index in [0.717, 1.165) is 39.5 Å². The van der Waals surface area contributed by atoms with Crippen molar-refractivity contribution in [2.75, 3.05) is 10.2 Å². The van der Waals surface area contributed by atoms with Crippen molar-refractivity contribution in [3.63, 3.8) is 0 Å². The van der Waals surface area contributed by atoms with Gasteiger partial charge in [0.1, 0.15) is 0 Å². The molecule has 1 N–H and O–H groups in total. The summed E-state index contributed by atoms with van der Waals surface area (Å²) in [4.78, 5) is 14.4. The van der Waals surface area contributed by atoms with Crippen LogP contribution >= 0.6 is 0 Å². The molecule has 0 spiro atoms. The summed E-state index contributed by atoms with van der Waals surface area (Å²) in [7, 11) is 0. The molecule has 27 heavy (non-hydrogen) atoms. The van der Waals surface area contributed by atoms with Crippen molar-refractivity contribution in [1.82, 2.24) is 0 Å². The molecule has 138 valence electrons. The van der Waals surface area contributed by atoms with Gasteiger partial charge in [0, 0.05) is 23.7 Å². The summed E-state index contributed by atoms with van der Waals surface area (Å²) in [6, 6.07) is 14.3. The minimum absolute atomic E-state index is 0.00175. The molecule has 0 fully saturated rings. The highest BCUT2D eigenvalue weighted by Gasteiger charge is 2.37. The summed E-state index contributed by atoms with van der Waals surface area (Å²) in [6.07, 6.45) is 3.57. The van der Waals surface area contributed by atoms with E-state index in [9.17, 15) is 4.79 Å². The zero-order valence-corrected chi connectivity index (χ0v) is 16.5. The van der Waals surface area contributed by atoms with Crippen molar-refractivity contribution >= 4 is 23.0 Å². The van der Waals surface area contributed by atoms with Crippen molar-refractivity contribution < 1.29 is 4.79 Å². The van der Waals surface area contributed by atoms with Gasteiger partial charge in [0.25, 0.3) is 0 Å². The van der Waals surface area contributed by atoms with E-state index in [1.165, 1.54) is 0 Å². The Kier molecular flexibility index (Phi) is 4.79. The molecule has 1 aliphatic rings.